The number of carbonyl (C=O) groups excluding carboxylic acids is 1. The second-order valence-corrected chi connectivity index (χ2v) is 6.42. The molecule has 20 heavy (non-hydrogen) atoms. The van der Waals surface area contributed by atoms with E-state index >= 15 is 0 Å². The van der Waals surface area contributed by atoms with Gasteiger partial charge in [-0.15, -0.1) is 0 Å². The number of nitrogens with zero attached hydrogens (tertiary/aromatic N) is 1. The molecule has 2 heteroatoms. The Bertz CT molecular complexity index is 482. The van der Waals surface area contributed by atoms with E-state index in [0.717, 1.165) is 36.8 Å². The van der Waals surface area contributed by atoms with Gasteiger partial charge in [-0.2, -0.15) is 0 Å². The summed E-state index contributed by atoms with van der Waals surface area (Å²) in [6, 6.07) is 6.10. The Morgan fingerprint density at radius 2 is 1.65 bits per heavy atom. The van der Waals surface area contributed by atoms with E-state index in [0.29, 0.717) is 5.78 Å². The van der Waals surface area contributed by atoms with E-state index in [1.165, 1.54) is 18.4 Å². The van der Waals surface area contributed by atoms with Crippen molar-refractivity contribution in [3.8, 4) is 0 Å². The highest BCUT2D eigenvalue weighted by molar-refractivity contribution is 6.04. The van der Waals surface area contributed by atoms with E-state index in [2.05, 4.69) is 38.9 Å². The van der Waals surface area contributed by atoms with E-state index in [9.17, 15) is 4.79 Å². The Morgan fingerprint density at radius 1 is 1.05 bits per heavy atom. The van der Waals surface area contributed by atoms with Gasteiger partial charge in [0.2, 0.25) is 0 Å². The van der Waals surface area contributed by atoms with Crippen molar-refractivity contribution < 1.29 is 4.79 Å². The van der Waals surface area contributed by atoms with Crippen LogP contribution in [0.25, 0.3) is 0 Å². The number of aryl methyl sites for hydroxylation is 1. The lowest BCUT2D eigenvalue weighted by Gasteiger charge is -2.38. The third kappa shape index (κ3) is 2.67. The molecule has 0 heterocycles. The van der Waals surface area contributed by atoms with Crippen LogP contribution in [0.5, 0.6) is 0 Å². The van der Waals surface area contributed by atoms with Crippen molar-refractivity contribution in [2.45, 2.75) is 57.9 Å². The lowest BCUT2D eigenvalue weighted by molar-refractivity contribution is 0.0634. The number of benzene rings is 1. The van der Waals surface area contributed by atoms with E-state index in [1.54, 1.807) is 0 Å². The predicted octanol–water partition coefficient (Wildman–Crippen LogP) is 4.14. The largest absolute Gasteiger partial charge is 0.297 e. The van der Waals surface area contributed by atoms with E-state index in [4.69, 9.17) is 0 Å². The highest BCUT2D eigenvalue weighted by Crippen LogP contribution is 2.35. The number of rotatable bonds is 3. The molecule has 1 aromatic carbocycles. The van der Waals surface area contributed by atoms with Crippen LogP contribution in [0.2, 0.25) is 0 Å². The summed E-state index contributed by atoms with van der Waals surface area (Å²) in [5.41, 5.74) is 2.97. The van der Waals surface area contributed by atoms with Gasteiger partial charge in [-0.3, -0.25) is 9.69 Å². The summed E-state index contributed by atoms with van der Waals surface area (Å²) in [5, 5.41) is 0. The van der Waals surface area contributed by atoms with E-state index in [1.807, 2.05) is 12.1 Å². The molecule has 2 nitrogen and oxygen atoms in total. The number of ketones is 1. The predicted molar refractivity (Wildman–Crippen MR) is 84.4 cm³/mol. The summed E-state index contributed by atoms with van der Waals surface area (Å²) in [6.45, 7) is 4.16. The zero-order valence-electron chi connectivity index (χ0n) is 13.3. The Morgan fingerprint density at radius 3 is 2.20 bits per heavy atom. The molecule has 0 radical (unpaired) electrons. The first-order chi connectivity index (χ1) is 9.49. The lowest BCUT2D eigenvalue weighted by atomic mass is 9.80. The minimum Gasteiger partial charge on any atom is -0.297 e. The third-order valence-electron chi connectivity index (χ3n) is 5.06. The zero-order valence-corrected chi connectivity index (χ0v) is 13.3. The van der Waals surface area contributed by atoms with Crippen LogP contribution < -0.4 is 0 Å². The van der Waals surface area contributed by atoms with Crippen LogP contribution in [0.3, 0.4) is 0 Å². The van der Waals surface area contributed by atoms with Gasteiger partial charge >= 0.3 is 0 Å². The fraction of sp³-hybridized carbons (Fsp3) is 0.611. The van der Waals surface area contributed by atoms with Gasteiger partial charge < -0.3 is 0 Å². The smallest absolute Gasteiger partial charge is 0.183 e. The lowest BCUT2D eigenvalue weighted by Crippen LogP contribution is -2.51. The average Bonchev–Trinajstić information content (AvgIpc) is 2.68. The zero-order chi connectivity index (χ0) is 14.8. The van der Waals surface area contributed by atoms with Gasteiger partial charge in [0.15, 0.2) is 5.78 Å². The van der Waals surface area contributed by atoms with E-state index in [-0.39, 0.29) is 5.54 Å². The molecule has 0 spiro atoms. The van der Waals surface area contributed by atoms with Crippen molar-refractivity contribution in [1.29, 1.82) is 0 Å². The normalized spacial score (nSPS) is 18.9. The van der Waals surface area contributed by atoms with Crippen LogP contribution in [0.4, 0.5) is 0 Å². The monoisotopic (exact) mass is 273 g/mol. The molecule has 1 saturated carbocycles. The maximum absolute atomic E-state index is 13.2. The van der Waals surface area contributed by atoms with Crippen molar-refractivity contribution in [2.75, 3.05) is 14.1 Å². The van der Waals surface area contributed by atoms with Crippen LogP contribution in [0.1, 0.15) is 60.0 Å². The summed E-state index contributed by atoms with van der Waals surface area (Å²) < 4.78 is 0. The molecule has 1 aliphatic carbocycles. The van der Waals surface area contributed by atoms with Crippen molar-refractivity contribution in [3.05, 3.63) is 34.9 Å². The fourth-order valence-electron chi connectivity index (χ4n) is 3.44. The molecule has 0 amide bonds. The first-order valence-corrected chi connectivity index (χ1v) is 7.77. The molecule has 0 atom stereocenters. The van der Waals surface area contributed by atoms with Gasteiger partial charge in [-0.05, 0) is 51.9 Å². The number of hydrogen-bond acceptors (Lipinski definition) is 2. The molecule has 0 unspecified atom stereocenters. The summed E-state index contributed by atoms with van der Waals surface area (Å²) >= 11 is 0. The standard InChI is InChI=1S/C18H27NO/c1-14-10-9-11-16(15(14)2)17(20)18(19(3)4)12-7-5-6-8-13-18/h9-11H,5-8,12-13H2,1-4H3. The molecule has 0 N–H and O–H groups in total. The van der Waals surface area contributed by atoms with Gasteiger partial charge in [0, 0.05) is 5.56 Å². The van der Waals surface area contributed by atoms with E-state index < -0.39 is 0 Å². The minimum atomic E-state index is -0.297. The van der Waals surface area contributed by atoms with Crippen LogP contribution in [-0.4, -0.2) is 30.3 Å². The Kier molecular flexibility index (Phi) is 4.64. The fourth-order valence-corrected chi connectivity index (χ4v) is 3.44. The molecule has 0 aromatic heterocycles. The van der Waals surface area contributed by atoms with Gasteiger partial charge in [-0.1, -0.05) is 43.9 Å². The molecular formula is C18H27NO. The molecule has 0 saturated heterocycles. The maximum atomic E-state index is 13.2. The molecule has 0 bridgehead atoms. The first-order valence-electron chi connectivity index (χ1n) is 7.77. The Balaban J connectivity index is 2.43. The minimum absolute atomic E-state index is 0.297. The number of carbonyl (C=O) groups is 1. The van der Waals surface area contributed by atoms with Crippen molar-refractivity contribution >= 4 is 5.78 Å². The van der Waals surface area contributed by atoms with Crippen LogP contribution >= 0.6 is 0 Å². The molecule has 0 aliphatic heterocycles. The summed E-state index contributed by atoms with van der Waals surface area (Å²) in [7, 11) is 4.13. The van der Waals surface area contributed by atoms with Crippen molar-refractivity contribution in [3.63, 3.8) is 0 Å². The molecule has 1 fully saturated rings. The molecule has 110 valence electrons. The molecule has 1 aromatic rings. The second kappa shape index (κ2) is 6.09. The Hall–Kier alpha value is -1.15. The summed E-state index contributed by atoms with van der Waals surface area (Å²) in [4.78, 5) is 15.4. The number of hydrogen-bond donors (Lipinski definition) is 0. The quantitative estimate of drug-likeness (QED) is 0.609. The van der Waals surface area contributed by atoms with Gasteiger partial charge in [0.1, 0.15) is 0 Å². The number of likely N-dealkylation sites (N-methyl/N-ethyl adjacent to an activating group) is 1. The summed E-state index contributed by atoms with van der Waals surface area (Å²) in [5.74, 6) is 0.325. The molecular weight excluding hydrogens is 246 g/mol. The average molecular weight is 273 g/mol. The van der Waals surface area contributed by atoms with Crippen LogP contribution in [-0.2, 0) is 0 Å². The topological polar surface area (TPSA) is 20.3 Å². The summed E-state index contributed by atoms with van der Waals surface area (Å²) in [6.07, 6.45) is 6.83. The van der Waals surface area contributed by atoms with Crippen molar-refractivity contribution in [1.82, 2.24) is 4.90 Å². The maximum Gasteiger partial charge on any atom is 0.183 e. The first kappa shape index (κ1) is 15.2. The highest BCUT2D eigenvalue weighted by atomic mass is 16.1. The second-order valence-electron chi connectivity index (χ2n) is 6.42. The molecule has 1 aliphatic rings. The Labute approximate surface area is 123 Å². The van der Waals surface area contributed by atoms with Gasteiger partial charge in [-0.25, -0.2) is 0 Å². The van der Waals surface area contributed by atoms with Crippen molar-refractivity contribution in [2.24, 2.45) is 0 Å². The third-order valence-corrected chi connectivity index (χ3v) is 5.06. The molecule has 2 rings (SSSR count). The highest BCUT2D eigenvalue weighted by Gasteiger charge is 2.41. The van der Waals surface area contributed by atoms with Crippen LogP contribution in [0.15, 0.2) is 18.2 Å². The van der Waals surface area contributed by atoms with Crippen LogP contribution in [0, 0.1) is 13.8 Å². The van der Waals surface area contributed by atoms with Gasteiger partial charge in [0.25, 0.3) is 0 Å². The van der Waals surface area contributed by atoms with Gasteiger partial charge in [0.05, 0.1) is 5.54 Å². The SMILES string of the molecule is Cc1cccc(C(=O)C2(N(C)C)CCCCCC2)c1C. The number of Topliss-reactive ketones (excluding diaryl/α,β-unsaturated/α-hetero) is 1.